The molecule has 0 unspecified atom stereocenters. The van der Waals surface area contributed by atoms with Crippen LogP contribution in [0.4, 0.5) is 0 Å². The average molecular weight is 200 g/mol. The molecule has 0 radical (unpaired) electrons. The van der Waals surface area contributed by atoms with Crippen LogP contribution in [0.15, 0.2) is 0 Å². The van der Waals surface area contributed by atoms with Gasteiger partial charge in [0, 0.05) is 12.6 Å². The molecule has 0 heterocycles. The lowest BCUT2D eigenvalue weighted by Crippen LogP contribution is -2.33. The van der Waals surface area contributed by atoms with Gasteiger partial charge in [0.2, 0.25) is 0 Å². The molecule has 1 aliphatic carbocycles. The van der Waals surface area contributed by atoms with Crippen LogP contribution in [0.3, 0.4) is 0 Å². The Morgan fingerprint density at radius 3 is 2.36 bits per heavy atom. The van der Waals surface area contributed by atoms with Gasteiger partial charge in [0.1, 0.15) is 0 Å². The Kier molecular flexibility index (Phi) is 5.45. The fourth-order valence-corrected chi connectivity index (χ4v) is 1.92. The highest BCUT2D eigenvalue weighted by atomic mass is 16.5. The van der Waals surface area contributed by atoms with Crippen LogP contribution in [0.5, 0.6) is 0 Å². The standard InChI is InChI=1S/C11H24N2O/c1-12-10-4-6-11(7-5-10)14-9-8-13(2)3/h10-12H,4-9H2,1-3H3/t10-,11-. The Labute approximate surface area is 87.8 Å². The van der Waals surface area contributed by atoms with Crippen LogP contribution in [0.25, 0.3) is 0 Å². The van der Waals surface area contributed by atoms with E-state index in [0.29, 0.717) is 6.10 Å². The summed E-state index contributed by atoms with van der Waals surface area (Å²) in [6.45, 7) is 1.91. The average Bonchev–Trinajstić information content (AvgIpc) is 2.18. The predicted octanol–water partition coefficient (Wildman–Crippen LogP) is 1.10. The zero-order valence-corrected chi connectivity index (χ0v) is 9.75. The first-order valence-corrected chi connectivity index (χ1v) is 5.66. The third-order valence-electron chi connectivity index (χ3n) is 2.97. The second-order valence-electron chi connectivity index (χ2n) is 4.44. The van der Waals surface area contributed by atoms with Gasteiger partial charge in [-0.05, 0) is 46.8 Å². The van der Waals surface area contributed by atoms with Crippen LogP contribution in [0, 0.1) is 0 Å². The first-order chi connectivity index (χ1) is 6.72. The van der Waals surface area contributed by atoms with E-state index >= 15 is 0 Å². The SMILES string of the molecule is CN[C@H]1CC[C@H](OCCN(C)C)CC1. The number of hydrogen-bond acceptors (Lipinski definition) is 3. The molecule has 1 aliphatic rings. The molecule has 3 heteroatoms. The normalized spacial score (nSPS) is 28.3. The number of nitrogens with zero attached hydrogens (tertiary/aromatic N) is 1. The van der Waals surface area contributed by atoms with Gasteiger partial charge in [-0.3, -0.25) is 0 Å². The van der Waals surface area contributed by atoms with E-state index in [1.807, 2.05) is 0 Å². The number of nitrogens with one attached hydrogen (secondary N) is 1. The lowest BCUT2D eigenvalue weighted by molar-refractivity contribution is 0.0165. The van der Waals surface area contributed by atoms with Crippen LogP contribution in [0.1, 0.15) is 25.7 Å². The highest BCUT2D eigenvalue weighted by molar-refractivity contribution is 4.76. The predicted molar refractivity (Wildman–Crippen MR) is 59.6 cm³/mol. The quantitative estimate of drug-likeness (QED) is 0.719. The van der Waals surface area contributed by atoms with E-state index in [9.17, 15) is 0 Å². The molecule has 0 saturated heterocycles. The number of ether oxygens (including phenoxy) is 1. The van der Waals surface area contributed by atoms with Crippen molar-refractivity contribution in [3.63, 3.8) is 0 Å². The van der Waals surface area contributed by atoms with Gasteiger partial charge in [-0.25, -0.2) is 0 Å². The second-order valence-corrected chi connectivity index (χ2v) is 4.44. The van der Waals surface area contributed by atoms with E-state index in [2.05, 4.69) is 31.4 Å². The highest BCUT2D eigenvalue weighted by Crippen LogP contribution is 2.20. The zero-order chi connectivity index (χ0) is 10.4. The van der Waals surface area contributed by atoms with Gasteiger partial charge in [0.25, 0.3) is 0 Å². The number of rotatable bonds is 5. The molecule has 3 nitrogen and oxygen atoms in total. The molecule has 0 aromatic carbocycles. The van der Waals surface area contributed by atoms with Gasteiger partial charge in [-0.15, -0.1) is 0 Å². The zero-order valence-electron chi connectivity index (χ0n) is 9.75. The second kappa shape index (κ2) is 6.38. The van der Waals surface area contributed by atoms with Crippen molar-refractivity contribution in [2.45, 2.75) is 37.8 Å². The molecule has 0 atom stereocenters. The van der Waals surface area contributed by atoms with Crippen molar-refractivity contribution in [1.82, 2.24) is 10.2 Å². The van der Waals surface area contributed by atoms with Gasteiger partial charge >= 0.3 is 0 Å². The third kappa shape index (κ3) is 4.40. The fraction of sp³-hybridized carbons (Fsp3) is 1.00. The van der Waals surface area contributed by atoms with Gasteiger partial charge in [0.05, 0.1) is 12.7 Å². The van der Waals surface area contributed by atoms with Crippen LogP contribution in [-0.4, -0.2) is 51.3 Å². The molecular formula is C11H24N2O. The molecule has 0 spiro atoms. The maximum Gasteiger partial charge on any atom is 0.0596 e. The smallest absolute Gasteiger partial charge is 0.0596 e. The first kappa shape index (κ1) is 12.0. The highest BCUT2D eigenvalue weighted by Gasteiger charge is 2.19. The van der Waals surface area contributed by atoms with E-state index in [0.717, 1.165) is 19.2 Å². The van der Waals surface area contributed by atoms with Crippen LogP contribution >= 0.6 is 0 Å². The van der Waals surface area contributed by atoms with Crippen molar-refractivity contribution in [2.75, 3.05) is 34.3 Å². The van der Waals surface area contributed by atoms with E-state index in [1.165, 1.54) is 25.7 Å². The van der Waals surface area contributed by atoms with E-state index in [1.54, 1.807) is 0 Å². The minimum Gasteiger partial charge on any atom is -0.377 e. The van der Waals surface area contributed by atoms with E-state index in [-0.39, 0.29) is 0 Å². The van der Waals surface area contributed by atoms with Gasteiger partial charge in [0.15, 0.2) is 0 Å². The van der Waals surface area contributed by atoms with Crippen LogP contribution in [0.2, 0.25) is 0 Å². The fourth-order valence-electron chi connectivity index (χ4n) is 1.92. The molecule has 1 rings (SSSR count). The monoisotopic (exact) mass is 200 g/mol. The Morgan fingerprint density at radius 1 is 1.21 bits per heavy atom. The summed E-state index contributed by atoms with van der Waals surface area (Å²) in [7, 11) is 6.22. The summed E-state index contributed by atoms with van der Waals surface area (Å²) < 4.78 is 5.82. The maximum absolute atomic E-state index is 5.82. The molecule has 14 heavy (non-hydrogen) atoms. The van der Waals surface area contributed by atoms with Gasteiger partial charge < -0.3 is 15.0 Å². The summed E-state index contributed by atoms with van der Waals surface area (Å²) >= 11 is 0. The van der Waals surface area contributed by atoms with E-state index in [4.69, 9.17) is 4.74 Å². The summed E-state index contributed by atoms with van der Waals surface area (Å²) in [6, 6.07) is 0.726. The summed E-state index contributed by atoms with van der Waals surface area (Å²) in [5, 5.41) is 3.33. The summed E-state index contributed by atoms with van der Waals surface area (Å²) in [6.07, 6.45) is 5.49. The van der Waals surface area contributed by atoms with Crippen molar-refractivity contribution < 1.29 is 4.74 Å². The van der Waals surface area contributed by atoms with Crippen molar-refractivity contribution in [3.05, 3.63) is 0 Å². The Morgan fingerprint density at radius 2 is 1.86 bits per heavy atom. The van der Waals surface area contributed by atoms with Gasteiger partial charge in [-0.1, -0.05) is 0 Å². The number of hydrogen-bond donors (Lipinski definition) is 1. The molecule has 84 valence electrons. The Bertz CT molecular complexity index is 142. The molecule has 0 aromatic heterocycles. The molecule has 1 saturated carbocycles. The minimum absolute atomic E-state index is 0.513. The van der Waals surface area contributed by atoms with Crippen molar-refractivity contribution in [3.8, 4) is 0 Å². The lowest BCUT2D eigenvalue weighted by Gasteiger charge is -2.28. The molecule has 0 aromatic rings. The van der Waals surface area contributed by atoms with Crippen LogP contribution < -0.4 is 5.32 Å². The summed E-state index contributed by atoms with van der Waals surface area (Å²) in [4.78, 5) is 2.17. The Hall–Kier alpha value is -0.120. The molecule has 0 amide bonds. The molecule has 0 aliphatic heterocycles. The van der Waals surface area contributed by atoms with E-state index < -0.39 is 0 Å². The van der Waals surface area contributed by atoms with Crippen molar-refractivity contribution in [1.29, 1.82) is 0 Å². The molecule has 1 N–H and O–H groups in total. The lowest BCUT2D eigenvalue weighted by atomic mass is 9.93. The Balaban J connectivity index is 2.04. The number of likely N-dealkylation sites (N-methyl/N-ethyl adjacent to an activating group) is 1. The minimum atomic E-state index is 0.513. The van der Waals surface area contributed by atoms with Crippen molar-refractivity contribution in [2.24, 2.45) is 0 Å². The maximum atomic E-state index is 5.82. The van der Waals surface area contributed by atoms with Crippen molar-refractivity contribution >= 4 is 0 Å². The molecular weight excluding hydrogens is 176 g/mol. The topological polar surface area (TPSA) is 24.5 Å². The van der Waals surface area contributed by atoms with Crippen LogP contribution in [-0.2, 0) is 4.74 Å². The van der Waals surface area contributed by atoms with Gasteiger partial charge in [-0.2, -0.15) is 0 Å². The summed E-state index contributed by atoms with van der Waals surface area (Å²) in [5.74, 6) is 0. The largest absolute Gasteiger partial charge is 0.377 e. The third-order valence-corrected chi connectivity index (χ3v) is 2.97. The summed E-state index contributed by atoms with van der Waals surface area (Å²) in [5.41, 5.74) is 0. The molecule has 1 fully saturated rings. The first-order valence-electron chi connectivity index (χ1n) is 5.66. The molecule has 0 bridgehead atoms.